The first-order valence-electron chi connectivity index (χ1n) is 10.5. The zero-order valence-electron chi connectivity index (χ0n) is 16.5. The molecular weight excluding hydrogens is 338 g/mol. The molecule has 3 aliphatic heterocycles. The smallest absolute Gasteiger partial charge is 0.246 e. The van der Waals surface area contributed by atoms with Crippen LogP contribution in [0.15, 0.2) is 24.3 Å². The quantitative estimate of drug-likeness (QED) is 0.890. The lowest BCUT2D eigenvalue weighted by molar-refractivity contribution is -0.150. The maximum atomic E-state index is 13.7. The Kier molecular flexibility index (Phi) is 5.22. The predicted molar refractivity (Wildman–Crippen MR) is 105 cm³/mol. The average Bonchev–Trinajstić information content (AvgIpc) is 2.97. The Bertz CT molecular complexity index is 705. The SMILES string of the molecule is CCC(C)C(=O)N1Cc2ccccc2CC1C(=O)N1C2CCNCC1CC2. The summed E-state index contributed by atoms with van der Waals surface area (Å²) in [5.74, 6) is 0.232. The molecule has 27 heavy (non-hydrogen) atoms. The summed E-state index contributed by atoms with van der Waals surface area (Å²) in [6.45, 7) is 6.43. The molecule has 3 aliphatic rings. The van der Waals surface area contributed by atoms with E-state index >= 15 is 0 Å². The summed E-state index contributed by atoms with van der Waals surface area (Å²) in [5.41, 5.74) is 2.39. The number of carbonyl (C=O) groups is 2. The van der Waals surface area contributed by atoms with Crippen LogP contribution in [0.5, 0.6) is 0 Å². The second-order valence-corrected chi connectivity index (χ2v) is 8.39. The molecule has 0 aromatic heterocycles. The van der Waals surface area contributed by atoms with Gasteiger partial charge in [0.15, 0.2) is 0 Å². The van der Waals surface area contributed by atoms with Crippen LogP contribution < -0.4 is 5.32 Å². The molecule has 0 saturated carbocycles. The molecule has 5 heteroatoms. The van der Waals surface area contributed by atoms with Crippen molar-refractivity contribution in [3.8, 4) is 0 Å². The van der Waals surface area contributed by atoms with Gasteiger partial charge in [-0.15, -0.1) is 0 Å². The summed E-state index contributed by atoms with van der Waals surface area (Å²) in [4.78, 5) is 30.8. The van der Waals surface area contributed by atoms with Crippen LogP contribution in [-0.2, 0) is 22.6 Å². The number of hydrogen-bond acceptors (Lipinski definition) is 3. The Morgan fingerprint density at radius 2 is 1.89 bits per heavy atom. The molecule has 1 aromatic rings. The maximum Gasteiger partial charge on any atom is 0.246 e. The Balaban J connectivity index is 1.65. The first-order chi connectivity index (χ1) is 13.1. The van der Waals surface area contributed by atoms with Crippen molar-refractivity contribution in [3.05, 3.63) is 35.4 Å². The van der Waals surface area contributed by atoms with Crippen molar-refractivity contribution in [2.24, 2.45) is 5.92 Å². The van der Waals surface area contributed by atoms with E-state index in [0.29, 0.717) is 19.0 Å². The molecule has 3 heterocycles. The van der Waals surface area contributed by atoms with Crippen LogP contribution in [0.25, 0.3) is 0 Å². The Morgan fingerprint density at radius 3 is 2.67 bits per heavy atom. The van der Waals surface area contributed by atoms with Crippen LogP contribution in [0, 0.1) is 5.92 Å². The fourth-order valence-corrected chi connectivity index (χ4v) is 4.95. The van der Waals surface area contributed by atoms with Gasteiger partial charge in [-0.3, -0.25) is 9.59 Å². The van der Waals surface area contributed by atoms with E-state index in [2.05, 4.69) is 22.3 Å². The van der Waals surface area contributed by atoms with Crippen LogP contribution in [-0.4, -0.2) is 52.8 Å². The second-order valence-electron chi connectivity index (χ2n) is 8.39. The fraction of sp³-hybridized carbons (Fsp3) is 0.636. The third-order valence-corrected chi connectivity index (χ3v) is 6.76. The Labute approximate surface area is 162 Å². The molecule has 1 aromatic carbocycles. The summed E-state index contributed by atoms with van der Waals surface area (Å²) in [7, 11) is 0. The van der Waals surface area contributed by atoms with Crippen LogP contribution >= 0.6 is 0 Å². The normalized spacial score (nSPS) is 28.4. The number of rotatable bonds is 3. The van der Waals surface area contributed by atoms with Gasteiger partial charge in [0.1, 0.15) is 6.04 Å². The van der Waals surface area contributed by atoms with Crippen LogP contribution in [0.2, 0.25) is 0 Å². The van der Waals surface area contributed by atoms with E-state index in [-0.39, 0.29) is 29.8 Å². The lowest BCUT2D eigenvalue weighted by Gasteiger charge is -2.41. The van der Waals surface area contributed by atoms with Crippen molar-refractivity contribution in [1.29, 1.82) is 0 Å². The van der Waals surface area contributed by atoms with Gasteiger partial charge in [-0.25, -0.2) is 0 Å². The summed E-state index contributed by atoms with van der Waals surface area (Å²) in [6.07, 6.45) is 4.63. The molecule has 0 radical (unpaired) electrons. The zero-order valence-corrected chi connectivity index (χ0v) is 16.5. The molecule has 4 rings (SSSR count). The monoisotopic (exact) mass is 369 g/mol. The van der Waals surface area contributed by atoms with Crippen LogP contribution in [0.3, 0.4) is 0 Å². The minimum atomic E-state index is -0.359. The Hall–Kier alpha value is -1.88. The van der Waals surface area contributed by atoms with Crippen molar-refractivity contribution in [2.75, 3.05) is 13.1 Å². The first kappa shape index (κ1) is 18.5. The summed E-state index contributed by atoms with van der Waals surface area (Å²) >= 11 is 0. The highest BCUT2D eigenvalue weighted by Gasteiger charge is 2.44. The van der Waals surface area contributed by atoms with Gasteiger partial charge >= 0.3 is 0 Å². The minimum absolute atomic E-state index is 0.0481. The number of benzene rings is 1. The minimum Gasteiger partial charge on any atom is -0.334 e. The van der Waals surface area contributed by atoms with Crippen LogP contribution in [0.4, 0.5) is 0 Å². The topological polar surface area (TPSA) is 52.7 Å². The third kappa shape index (κ3) is 3.38. The van der Waals surface area contributed by atoms with E-state index < -0.39 is 0 Å². The molecule has 2 saturated heterocycles. The molecular formula is C22H31N3O2. The molecule has 146 valence electrons. The van der Waals surface area contributed by atoms with Gasteiger partial charge in [0.2, 0.25) is 11.8 Å². The van der Waals surface area contributed by atoms with Crippen molar-refractivity contribution in [1.82, 2.24) is 15.1 Å². The summed E-state index contributed by atoms with van der Waals surface area (Å²) < 4.78 is 0. The average molecular weight is 370 g/mol. The van der Waals surface area contributed by atoms with Gasteiger partial charge in [0, 0.05) is 37.5 Å². The number of nitrogens with zero attached hydrogens (tertiary/aromatic N) is 2. The van der Waals surface area contributed by atoms with E-state index in [1.165, 1.54) is 11.1 Å². The molecule has 0 aliphatic carbocycles. The molecule has 2 amide bonds. The van der Waals surface area contributed by atoms with Crippen molar-refractivity contribution < 1.29 is 9.59 Å². The lowest BCUT2D eigenvalue weighted by Crippen LogP contribution is -2.57. The molecule has 4 unspecified atom stereocenters. The number of fused-ring (bicyclic) bond motifs is 3. The number of carbonyl (C=O) groups excluding carboxylic acids is 2. The van der Waals surface area contributed by atoms with Gasteiger partial charge < -0.3 is 15.1 Å². The van der Waals surface area contributed by atoms with Crippen molar-refractivity contribution >= 4 is 11.8 Å². The van der Waals surface area contributed by atoms with Gasteiger partial charge in [-0.1, -0.05) is 38.1 Å². The van der Waals surface area contributed by atoms with E-state index in [1.54, 1.807) is 0 Å². The van der Waals surface area contributed by atoms with E-state index in [1.807, 2.05) is 30.9 Å². The van der Waals surface area contributed by atoms with Gasteiger partial charge in [-0.05, 0) is 43.4 Å². The van der Waals surface area contributed by atoms with E-state index in [9.17, 15) is 9.59 Å². The maximum absolute atomic E-state index is 13.7. The number of nitrogens with one attached hydrogen (secondary N) is 1. The summed E-state index contributed by atoms with van der Waals surface area (Å²) in [5, 5.41) is 3.47. The molecule has 5 nitrogen and oxygen atoms in total. The predicted octanol–water partition coefficient (Wildman–Crippen LogP) is 2.34. The largest absolute Gasteiger partial charge is 0.334 e. The highest BCUT2D eigenvalue weighted by Crippen LogP contribution is 2.32. The number of hydrogen-bond donors (Lipinski definition) is 1. The van der Waals surface area contributed by atoms with Crippen molar-refractivity contribution in [3.63, 3.8) is 0 Å². The van der Waals surface area contributed by atoms with Crippen molar-refractivity contribution in [2.45, 2.75) is 70.6 Å². The van der Waals surface area contributed by atoms with E-state index in [0.717, 1.165) is 38.8 Å². The number of amides is 2. The highest BCUT2D eigenvalue weighted by atomic mass is 16.2. The van der Waals surface area contributed by atoms with Gasteiger partial charge in [-0.2, -0.15) is 0 Å². The fourth-order valence-electron chi connectivity index (χ4n) is 4.95. The molecule has 2 bridgehead atoms. The molecule has 4 atom stereocenters. The van der Waals surface area contributed by atoms with Gasteiger partial charge in [0.05, 0.1) is 0 Å². The molecule has 0 spiro atoms. The van der Waals surface area contributed by atoms with Crippen LogP contribution in [0.1, 0.15) is 50.7 Å². The first-order valence-corrected chi connectivity index (χ1v) is 10.5. The molecule has 2 fully saturated rings. The Morgan fingerprint density at radius 1 is 1.15 bits per heavy atom. The van der Waals surface area contributed by atoms with Gasteiger partial charge in [0.25, 0.3) is 0 Å². The van der Waals surface area contributed by atoms with E-state index in [4.69, 9.17) is 0 Å². The summed E-state index contributed by atoms with van der Waals surface area (Å²) in [6, 6.07) is 8.51. The third-order valence-electron chi connectivity index (χ3n) is 6.76. The second kappa shape index (κ2) is 7.63. The lowest BCUT2D eigenvalue weighted by atomic mass is 9.91. The highest BCUT2D eigenvalue weighted by molar-refractivity contribution is 5.90. The molecule has 1 N–H and O–H groups in total. The standard InChI is InChI=1S/C22H31N3O2/c1-3-15(2)21(26)24-14-17-7-5-4-6-16(17)12-20(24)22(27)25-18-8-9-19(25)13-23-11-10-18/h4-7,15,18-20,23H,3,8-14H2,1-2H3. The zero-order chi connectivity index (χ0) is 19.0.